The van der Waals surface area contributed by atoms with Crippen molar-refractivity contribution in [3.05, 3.63) is 60.9 Å². The minimum atomic E-state index is -0.603. The van der Waals surface area contributed by atoms with Gasteiger partial charge in [-0.15, -0.1) is 0 Å². The molecule has 4 N–H and O–H groups in total. The summed E-state index contributed by atoms with van der Waals surface area (Å²) in [7, 11) is 0. The number of aliphatic hydroxyl groups is 1. The second-order valence-corrected chi connectivity index (χ2v) is 6.01. The third kappa shape index (κ3) is 4.05. The molecular weight excluding hydrogens is 334 g/mol. The van der Waals surface area contributed by atoms with Crippen molar-refractivity contribution in [2.24, 2.45) is 5.73 Å². The molecule has 1 heterocycles. The fraction of sp³-hybridized carbons (Fsp3) is 0.375. The number of halogens is 1. The topological polar surface area (TPSA) is 110 Å². The van der Waals surface area contributed by atoms with Crippen LogP contribution in [0.25, 0.3) is 0 Å². The van der Waals surface area contributed by atoms with Crippen LogP contribution in [0.1, 0.15) is 23.6 Å². The quantitative estimate of drug-likeness (QED) is 0.710. The largest absolute Gasteiger partial charge is 0.489 e. The summed E-state index contributed by atoms with van der Waals surface area (Å²) in [5.74, 6) is 0.598. The van der Waals surface area contributed by atoms with Crippen LogP contribution in [0.5, 0.6) is 5.75 Å². The molecule has 0 saturated heterocycles. The summed E-state index contributed by atoms with van der Waals surface area (Å²) in [6, 6.07) is 3.46. The molecule has 1 unspecified atom stereocenters. The van der Waals surface area contributed by atoms with E-state index < -0.39 is 17.9 Å². The first-order chi connectivity index (χ1) is 11.3. The van der Waals surface area contributed by atoms with Crippen molar-refractivity contribution < 1.29 is 9.84 Å². The number of aromatic nitrogens is 2. The number of hydrogen-bond donors (Lipinski definition) is 3. The molecule has 0 saturated carbocycles. The van der Waals surface area contributed by atoms with Crippen LogP contribution in [-0.2, 0) is 13.2 Å². The molecule has 7 nitrogen and oxygen atoms in total. The zero-order valence-electron chi connectivity index (χ0n) is 13.5. The van der Waals surface area contributed by atoms with Crippen LogP contribution >= 0.6 is 11.6 Å². The Morgan fingerprint density at radius 2 is 2.08 bits per heavy atom. The molecular formula is C16H20ClN3O4. The lowest BCUT2D eigenvalue weighted by molar-refractivity contribution is 0.225. The van der Waals surface area contributed by atoms with Crippen LogP contribution in [0.15, 0.2) is 27.9 Å². The van der Waals surface area contributed by atoms with E-state index in [0.29, 0.717) is 22.9 Å². The predicted molar refractivity (Wildman–Crippen MR) is 91.7 cm³/mol. The van der Waals surface area contributed by atoms with Gasteiger partial charge < -0.3 is 15.6 Å². The number of aliphatic hydroxyl groups excluding tert-OH is 1. The number of nitrogens with zero attached hydrogens (tertiary/aromatic N) is 1. The number of rotatable bonds is 6. The molecule has 2 aromatic rings. The lowest BCUT2D eigenvalue weighted by Gasteiger charge is -2.19. The highest BCUT2D eigenvalue weighted by atomic mass is 35.5. The molecule has 0 aliphatic carbocycles. The average Bonchev–Trinajstić information content (AvgIpc) is 2.52. The summed E-state index contributed by atoms with van der Waals surface area (Å²) in [6.07, 6.45) is 1.12. The average molecular weight is 354 g/mol. The van der Waals surface area contributed by atoms with E-state index in [1.54, 1.807) is 12.1 Å². The highest BCUT2D eigenvalue weighted by molar-refractivity contribution is 6.30. The molecule has 0 aliphatic rings. The van der Waals surface area contributed by atoms with Crippen LogP contribution in [0.4, 0.5) is 0 Å². The van der Waals surface area contributed by atoms with Gasteiger partial charge in [-0.2, -0.15) is 0 Å². The second-order valence-electron chi connectivity index (χ2n) is 5.57. The first-order valence-corrected chi connectivity index (χ1v) is 7.82. The maximum Gasteiger partial charge on any atom is 0.328 e. The molecule has 24 heavy (non-hydrogen) atoms. The minimum absolute atomic E-state index is 0.103. The Morgan fingerprint density at radius 1 is 1.38 bits per heavy atom. The van der Waals surface area contributed by atoms with Crippen molar-refractivity contribution in [3.8, 4) is 5.75 Å². The van der Waals surface area contributed by atoms with E-state index in [0.717, 1.165) is 5.56 Å². The summed E-state index contributed by atoms with van der Waals surface area (Å²) in [6.45, 7) is 3.71. The Kier molecular flexibility index (Phi) is 5.82. The van der Waals surface area contributed by atoms with Gasteiger partial charge in [0.05, 0.1) is 18.7 Å². The molecule has 0 fully saturated rings. The number of nitrogens with one attached hydrogen (secondary N) is 1. The van der Waals surface area contributed by atoms with Crippen molar-refractivity contribution in [2.45, 2.75) is 33.1 Å². The van der Waals surface area contributed by atoms with Gasteiger partial charge in [0, 0.05) is 23.3 Å². The number of hydrogen-bond acceptors (Lipinski definition) is 5. The Balaban J connectivity index is 2.49. The van der Waals surface area contributed by atoms with Gasteiger partial charge in [0.1, 0.15) is 11.9 Å². The van der Waals surface area contributed by atoms with E-state index in [9.17, 15) is 14.7 Å². The van der Waals surface area contributed by atoms with Gasteiger partial charge in [0.15, 0.2) is 0 Å². The maximum atomic E-state index is 12.0. The SMILES string of the molecule is Cc1cc(Cl)cc(Cn2cc(CO)c(=O)[nH]c2=O)c1OC(C)CN. The third-order valence-corrected chi connectivity index (χ3v) is 3.78. The lowest BCUT2D eigenvalue weighted by atomic mass is 10.1. The summed E-state index contributed by atoms with van der Waals surface area (Å²) >= 11 is 6.12. The molecule has 0 amide bonds. The second kappa shape index (κ2) is 7.65. The molecule has 1 atom stereocenters. The number of aromatic amines is 1. The first kappa shape index (κ1) is 18.3. The van der Waals surface area contributed by atoms with Gasteiger partial charge in [-0.25, -0.2) is 4.79 Å². The van der Waals surface area contributed by atoms with E-state index in [-0.39, 0.29) is 18.2 Å². The van der Waals surface area contributed by atoms with Crippen molar-refractivity contribution >= 4 is 11.6 Å². The maximum absolute atomic E-state index is 12.0. The number of ether oxygens (including phenoxy) is 1. The molecule has 0 bridgehead atoms. The van der Waals surface area contributed by atoms with Gasteiger partial charge in [0.2, 0.25) is 0 Å². The van der Waals surface area contributed by atoms with Crippen molar-refractivity contribution in [2.75, 3.05) is 6.54 Å². The standard InChI is InChI=1S/C16H20ClN3O4/c1-9-3-13(17)4-11(14(9)24-10(2)5-18)6-20-7-12(8-21)15(22)19-16(20)23/h3-4,7,10,21H,5-6,8,18H2,1-2H3,(H,19,22,23). The van der Waals surface area contributed by atoms with Crippen LogP contribution in [-0.4, -0.2) is 27.3 Å². The molecule has 1 aromatic heterocycles. The Hall–Kier alpha value is -2.09. The fourth-order valence-electron chi connectivity index (χ4n) is 2.30. The first-order valence-electron chi connectivity index (χ1n) is 7.45. The van der Waals surface area contributed by atoms with E-state index in [2.05, 4.69) is 4.98 Å². The summed E-state index contributed by atoms with van der Waals surface area (Å²) in [4.78, 5) is 25.7. The third-order valence-electron chi connectivity index (χ3n) is 3.56. The summed E-state index contributed by atoms with van der Waals surface area (Å²) in [5, 5.41) is 9.71. The van der Waals surface area contributed by atoms with Crippen LogP contribution in [0.3, 0.4) is 0 Å². The molecule has 0 spiro atoms. The van der Waals surface area contributed by atoms with Crippen LogP contribution < -0.4 is 21.7 Å². The number of nitrogens with two attached hydrogens (primary N) is 1. The van der Waals surface area contributed by atoms with Gasteiger partial charge >= 0.3 is 5.69 Å². The van der Waals surface area contributed by atoms with Crippen LogP contribution in [0.2, 0.25) is 5.02 Å². The normalized spacial score (nSPS) is 12.2. The van der Waals surface area contributed by atoms with Crippen molar-refractivity contribution in [3.63, 3.8) is 0 Å². The van der Waals surface area contributed by atoms with Gasteiger partial charge in [0.25, 0.3) is 5.56 Å². The Morgan fingerprint density at radius 3 is 2.71 bits per heavy atom. The van der Waals surface area contributed by atoms with Crippen molar-refractivity contribution in [1.29, 1.82) is 0 Å². The summed E-state index contributed by atoms with van der Waals surface area (Å²) in [5.41, 5.74) is 6.03. The lowest BCUT2D eigenvalue weighted by Crippen LogP contribution is -2.32. The number of aryl methyl sites for hydroxylation is 1. The van der Waals surface area contributed by atoms with E-state index in [1.807, 2.05) is 13.8 Å². The zero-order valence-corrected chi connectivity index (χ0v) is 14.3. The highest BCUT2D eigenvalue weighted by Crippen LogP contribution is 2.29. The van der Waals surface area contributed by atoms with E-state index >= 15 is 0 Å². The van der Waals surface area contributed by atoms with Gasteiger partial charge in [-0.1, -0.05) is 11.6 Å². The molecule has 130 valence electrons. The molecule has 0 radical (unpaired) electrons. The monoisotopic (exact) mass is 353 g/mol. The number of H-pyrrole nitrogens is 1. The Labute approximate surface area is 143 Å². The van der Waals surface area contributed by atoms with E-state index in [4.69, 9.17) is 22.1 Å². The van der Waals surface area contributed by atoms with Gasteiger partial charge in [-0.05, 0) is 31.5 Å². The molecule has 0 aliphatic heterocycles. The minimum Gasteiger partial charge on any atom is -0.489 e. The van der Waals surface area contributed by atoms with Gasteiger partial charge in [-0.3, -0.25) is 14.3 Å². The predicted octanol–water partition coefficient (Wildman–Crippen LogP) is 0.765. The van der Waals surface area contributed by atoms with Crippen molar-refractivity contribution in [1.82, 2.24) is 9.55 Å². The van der Waals surface area contributed by atoms with Crippen LogP contribution in [0, 0.1) is 6.92 Å². The molecule has 8 heteroatoms. The smallest absolute Gasteiger partial charge is 0.328 e. The highest BCUT2D eigenvalue weighted by Gasteiger charge is 2.14. The summed E-state index contributed by atoms with van der Waals surface area (Å²) < 4.78 is 7.14. The zero-order chi connectivity index (χ0) is 17.9. The van der Waals surface area contributed by atoms with E-state index in [1.165, 1.54) is 10.8 Å². The number of benzene rings is 1. The fourth-order valence-corrected chi connectivity index (χ4v) is 2.60. The molecule has 2 rings (SSSR count). The molecule has 1 aromatic carbocycles. The Bertz CT molecular complexity index is 844.